The number of nitrogens with one attached hydrogen (secondary N) is 1. The monoisotopic (exact) mass is 360 g/mol. The summed E-state index contributed by atoms with van der Waals surface area (Å²) in [5.41, 5.74) is 1.31. The third kappa shape index (κ3) is 4.38. The Morgan fingerprint density at radius 2 is 1.84 bits per heavy atom. The predicted octanol–water partition coefficient (Wildman–Crippen LogP) is 4.25. The molecule has 1 N–H and O–H groups in total. The summed E-state index contributed by atoms with van der Waals surface area (Å²) in [5.74, 6) is 2.74. The van der Waals surface area contributed by atoms with Gasteiger partial charge in [-0.2, -0.15) is 0 Å². The van der Waals surface area contributed by atoms with E-state index in [9.17, 15) is 4.79 Å². The lowest BCUT2D eigenvalue weighted by atomic mass is 9.86. The lowest BCUT2D eigenvalue weighted by Gasteiger charge is -2.33. The molecule has 1 heterocycles. The number of nitrogens with zero attached hydrogens (tertiary/aromatic N) is 1. The highest BCUT2D eigenvalue weighted by Gasteiger charge is 2.40. The second-order valence-corrected chi connectivity index (χ2v) is 8.82. The van der Waals surface area contributed by atoms with Crippen molar-refractivity contribution in [3.63, 3.8) is 0 Å². The first-order valence-corrected chi connectivity index (χ1v) is 10.3. The molecule has 2 bridgehead atoms. The predicted molar refractivity (Wildman–Crippen MR) is 101 cm³/mol. The second-order valence-electron chi connectivity index (χ2n) is 8.38. The zero-order valence-corrected chi connectivity index (χ0v) is 15.7. The van der Waals surface area contributed by atoms with Crippen LogP contribution in [0.25, 0.3) is 0 Å². The first-order chi connectivity index (χ1) is 12.2. The highest BCUT2D eigenvalue weighted by Crippen LogP contribution is 2.49. The lowest BCUT2D eigenvalue weighted by Crippen LogP contribution is -2.44. The van der Waals surface area contributed by atoms with Gasteiger partial charge in [0.15, 0.2) is 0 Å². The smallest absolute Gasteiger partial charge is 0.220 e. The normalized spacial score (nSPS) is 29.9. The number of rotatable bonds is 5. The van der Waals surface area contributed by atoms with Crippen molar-refractivity contribution in [2.75, 3.05) is 13.1 Å². The van der Waals surface area contributed by atoms with Crippen LogP contribution in [0.4, 0.5) is 0 Å². The van der Waals surface area contributed by atoms with Crippen molar-refractivity contribution >= 4 is 17.5 Å². The van der Waals surface area contributed by atoms with E-state index in [2.05, 4.69) is 22.3 Å². The van der Waals surface area contributed by atoms with E-state index in [0.717, 1.165) is 55.8 Å². The minimum absolute atomic E-state index is 0.300. The van der Waals surface area contributed by atoms with Crippen LogP contribution >= 0.6 is 11.6 Å². The molecule has 0 unspecified atom stereocenters. The van der Waals surface area contributed by atoms with Crippen LogP contribution in [0.3, 0.4) is 0 Å². The number of hydrogen-bond acceptors (Lipinski definition) is 2. The molecule has 0 radical (unpaired) electrons. The van der Waals surface area contributed by atoms with Gasteiger partial charge in [-0.25, -0.2) is 0 Å². The van der Waals surface area contributed by atoms with Gasteiger partial charge in [0.2, 0.25) is 5.91 Å². The zero-order valence-electron chi connectivity index (χ0n) is 14.9. The summed E-state index contributed by atoms with van der Waals surface area (Å²) in [6.45, 7) is 3.09. The first kappa shape index (κ1) is 17.4. The fraction of sp³-hybridized carbons (Fsp3) is 0.667. The van der Waals surface area contributed by atoms with Crippen molar-refractivity contribution < 1.29 is 4.79 Å². The van der Waals surface area contributed by atoms with Crippen molar-refractivity contribution in [3.05, 3.63) is 34.9 Å². The molecule has 0 spiro atoms. The molecule has 1 aromatic carbocycles. The van der Waals surface area contributed by atoms with Crippen LogP contribution in [-0.4, -0.2) is 29.9 Å². The Bertz CT molecular complexity index is 594. The molecule has 3 aliphatic rings. The third-order valence-electron chi connectivity index (χ3n) is 6.60. The van der Waals surface area contributed by atoms with Crippen molar-refractivity contribution in [2.45, 2.75) is 57.5 Å². The summed E-state index contributed by atoms with van der Waals surface area (Å²) < 4.78 is 0. The number of carbonyl (C=O) groups excluding carboxylic acids is 1. The van der Waals surface area contributed by atoms with Gasteiger partial charge >= 0.3 is 0 Å². The van der Waals surface area contributed by atoms with Crippen LogP contribution in [0.5, 0.6) is 0 Å². The van der Waals surface area contributed by atoms with E-state index in [1.54, 1.807) is 0 Å². The highest BCUT2D eigenvalue weighted by atomic mass is 35.5. The highest BCUT2D eigenvalue weighted by molar-refractivity contribution is 6.30. The number of hydrogen-bond donors (Lipinski definition) is 1. The van der Waals surface area contributed by atoms with Crippen molar-refractivity contribution in [2.24, 2.45) is 17.8 Å². The van der Waals surface area contributed by atoms with Gasteiger partial charge in [0.1, 0.15) is 0 Å². The Hall–Kier alpha value is -1.06. The van der Waals surface area contributed by atoms with Gasteiger partial charge in [-0.3, -0.25) is 9.69 Å². The zero-order chi connectivity index (χ0) is 17.2. The maximum Gasteiger partial charge on any atom is 0.220 e. The molecule has 3 atom stereocenters. The van der Waals surface area contributed by atoms with Gasteiger partial charge < -0.3 is 5.32 Å². The van der Waals surface area contributed by atoms with Crippen LogP contribution in [0, 0.1) is 17.8 Å². The summed E-state index contributed by atoms with van der Waals surface area (Å²) in [4.78, 5) is 14.9. The molecule has 2 aliphatic carbocycles. The van der Waals surface area contributed by atoms with E-state index in [-0.39, 0.29) is 0 Å². The van der Waals surface area contributed by atoms with Crippen LogP contribution in [-0.2, 0) is 11.3 Å². The number of benzene rings is 1. The van der Waals surface area contributed by atoms with Crippen molar-refractivity contribution in [1.29, 1.82) is 0 Å². The molecule has 1 aliphatic heterocycles. The fourth-order valence-corrected chi connectivity index (χ4v) is 5.36. The largest absolute Gasteiger partial charge is 0.353 e. The molecule has 3 nitrogen and oxygen atoms in total. The first-order valence-electron chi connectivity index (χ1n) is 9.92. The van der Waals surface area contributed by atoms with E-state index in [0.29, 0.717) is 17.9 Å². The number of halogens is 1. The Kier molecular flexibility index (Phi) is 5.33. The van der Waals surface area contributed by atoms with E-state index in [4.69, 9.17) is 11.6 Å². The topological polar surface area (TPSA) is 32.3 Å². The van der Waals surface area contributed by atoms with Crippen LogP contribution < -0.4 is 5.32 Å². The number of likely N-dealkylation sites (tertiary alicyclic amines) is 1. The molecular formula is C21H29ClN2O. The quantitative estimate of drug-likeness (QED) is 0.851. The Morgan fingerprint density at radius 3 is 2.48 bits per heavy atom. The Labute approximate surface area is 156 Å². The molecule has 4 heteroatoms. The van der Waals surface area contributed by atoms with Crippen LogP contribution in [0.15, 0.2) is 24.3 Å². The van der Waals surface area contributed by atoms with E-state index < -0.39 is 0 Å². The minimum atomic E-state index is 0.300. The number of fused-ring (bicyclic) bond motifs is 2. The second kappa shape index (κ2) is 7.67. The molecule has 1 aromatic rings. The molecule has 1 amide bonds. The number of amides is 1. The van der Waals surface area contributed by atoms with Crippen molar-refractivity contribution in [1.82, 2.24) is 10.2 Å². The number of piperidine rings is 1. The van der Waals surface area contributed by atoms with Gasteiger partial charge in [0.25, 0.3) is 0 Å². The molecule has 4 rings (SSSR count). The standard InChI is InChI=1S/C21H29ClN2O/c22-19-5-2-15(3-6-19)14-24-9-7-20(8-10-24)23-21(25)13-18-12-16-1-4-17(18)11-16/h2-3,5-6,16-18,20H,1,4,7-14H2,(H,23,25)/t16-,17+,18+/m0/s1. The molecule has 25 heavy (non-hydrogen) atoms. The van der Waals surface area contributed by atoms with Gasteiger partial charge in [-0.1, -0.05) is 30.2 Å². The minimum Gasteiger partial charge on any atom is -0.353 e. The maximum atomic E-state index is 12.4. The van der Waals surface area contributed by atoms with Gasteiger partial charge in [-0.05, 0) is 67.6 Å². The molecular weight excluding hydrogens is 332 g/mol. The average molecular weight is 361 g/mol. The SMILES string of the molecule is O=C(C[C@H]1C[C@H]2CC[C@@H]1C2)NC1CCN(Cc2ccc(Cl)cc2)CC1. The Balaban J connectivity index is 1.18. The summed E-state index contributed by atoms with van der Waals surface area (Å²) >= 11 is 5.95. The van der Waals surface area contributed by atoms with Crippen LogP contribution in [0.2, 0.25) is 5.02 Å². The Morgan fingerprint density at radius 1 is 1.08 bits per heavy atom. The average Bonchev–Trinajstić information content (AvgIpc) is 3.21. The molecule has 1 saturated heterocycles. The summed E-state index contributed by atoms with van der Waals surface area (Å²) in [6.07, 6.45) is 8.37. The maximum absolute atomic E-state index is 12.4. The fourth-order valence-electron chi connectivity index (χ4n) is 5.23. The van der Waals surface area contributed by atoms with Crippen molar-refractivity contribution in [3.8, 4) is 0 Å². The lowest BCUT2D eigenvalue weighted by molar-refractivity contribution is -0.123. The molecule has 2 saturated carbocycles. The van der Waals surface area contributed by atoms with Gasteiger partial charge in [-0.15, -0.1) is 0 Å². The molecule has 136 valence electrons. The van der Waals surface area contributed by atoms with E-state index in [1.165, 1.54) is 31.2 Å². The van der Waals surface area contributed by atoms with E-state index >= 15 is 0 Å². The van der Waals surface area contributed by atoms with Crippen LogP contribution in [0.1, 0.15) is 50.5 Å². The van der Waals surface area contributed by atoms with E-state index in [1.807, 2.05) is 12.1 Å². The van der Waals surface area contributed by atoms with Gasteiger partial charge in [0, 0.05) is 37.1 Å². The summed E-state index contributed by atoms with van der Waals surface area (Å²) in [7, 11) is 0. The van der Waals surface area contributed by atoms with Gasteiger partial charge in [0.05, 0.1) is 0 Å². The summed E-state index contributed by atoms with van der Waals surface area (Å²) in [5, 5.41) is 4.11. The molecule has 3 fully saturated rings. The number of carbonyl (C=O) groups is 1. The third-order valence-corrected chi connectivity index (χ3v) is 6.86. The molecule has 0 aromatic heterocycles. The summed E-state index contributed by atoms with van der Waals surface area (Å²) in [6, 6.07) is 8.49.